The van der Waals surface area contributed by atoms with E-state index in [4.69, 9.17) is 14.6 Å². The molecule has 0 heterocycles. The van der Waals surface area contributed by atoms with E-state index in [-0.39, 0.29) is 18.3 Å². The highest BCUT2D eigenvalue weighted by atomic mass is 16.6. The molecule has 0 fully saturated rings. The molecule has 7 heteroatoms. The van der Waals surface area contributed by atoms with Gasteiger partial charge < -0.3 is 19.9 Å². The van der Waals surface area contributed by atoms with E-state index in [0.717, 1.165) is 0 Å². The molecule has 0 radical (unpaired) electrons. The lowest BCUT2D eigenvalue weighted by atomic mass is 9.97. The summed E-state index contributed by atoms with van der Waals surface area (Å²) in [5.41, 5.74) is 0.664. The first-order chi connectivity index (χ1) is 12.7. The quantitative estimate of drug-likeness (QED) is 0.657. The van der Waals surface area contributed by atoms with Gasteiger partial charge in [-0.15, -0.1) is 0 Å². The predicted octanol–water partition coefficient (Wildman–Crippen LogP) is 3.40. The lowest BCUT2D eigenvalue weighted by Gasteiger charge is -2.27. The molecule has 0 spiro atoms. The Morgan fingerprint density at radius 1 is 1.04 bits per heavy atom. The Bertz CT molecular complexity index is 723. The van der Waals surface area contributed by atoms with Crippen LogP contribution in [0.25, 0.3) is 0 Å². The number of hydrogen-bond acceptors (Lipinski definition) is 5. The van der Waals surface area contributed by atoms with Gasteiger partial charge in [-0.2, -0.15) is 0 Å². The van der Waals surface area contributed by atoms with E-state index in [1.165, 1.54) is 0 Å². The Labute approximate surface area is 166 Å². The van der Waals surface area contributed by atoms with E-state index in [0.29, 0.717) is 28.9 Å². The smallest absolute Gasteiger partial charge is 0.341 e. The SMILES string of the molecule is Cc1cc(C(=O)NC(C)(C)CCC(=O)OC(C)(C)C)cc(C)c1OCC(=O)O. The number of aryl methyl sites for hydroxylation is 2. The minimum atomic E-state index is -1.06. The van der Waals surface area contributed by atoms with Crippen LogP contribution in [0.4, 0.5) is 0 Å². The van der Waals surface area contributed by atoms with Gasteiger partial charge in [0.1, 0.15) is 11.4 Å². The summed E-state index contributed by atoms with van der Waals surface area (Å²) in [4.78, 5) is 35.3. The van der Waals surface area contributed by atoms with Gasteiger partial charge in [0, 0.05) is 17.5 Å². The van der Waals surface area contributed by atoms with Crippen LogP contribution in [0, 0.1) is 13.8 Å². The molecule has 1 rings (SSSR count). The van der Waals surface area contributed by atoms with Crippen molar-refractivity contribution in [1.29, 1.82) is 0 Å². The Morgan fingerprint density at radius 2 is 1.57 bits per heavy atom. The number of amides is 1. The van der Waals surface area contributed by atoms with Crippen molar-refractivity contribution in [3.63, 3.8) is 0 Å². The zero-order valence-corrected chi connectivity index (χ0v) is 17.8. The van der Waals surface area contributed by atoms with E-state index < -0.39 is 23.7 Å². The van der Waals surface area contributed by atoms with Gasteiger partial charge in [-0.25, -0.2) is 4.79 Å². The van der Waals surface area contributed by atoms with Gasteiger partial charge in [-0.3, -0.25) is 9.59 Å². The van der Waals surface area contributed by atoms with Crippen molar-refractivity contribution in [2.75, 3.05) is 6.61 Å². The van der Waals surface area contributed by atoms with Crippen LogP contribution in [0.3, 0.4) is 0 Å². The number of nitrogens with one attached hydrogen (secondary N) is 1. The van der Waals surface area contributed by atoms with Crippen molar-refractivity contribution in [2.45, 2.75) is 72.4 Å². The lowest BCUT2D eigenvalue weighted by Crippen LogP contribution is -2.44. The summed E-state index contributed by atoms with van der Waals surface area (Å²) in [6.45, 7) is 12.2. The first-order valence-electron chi connectivity index (χ1n) is 9.20. The molecule has 28 heavy (non-hydrogen) atoms. The van der Waals surface area contributed by atoms with Crippen LogP contribution >= 0.6 is 0 Å². The fraction of sp³-hybridized carbons (Fsp3) is 0.571. The fourth-order valence-electron chi connectivity index (χ4n) is 2.69. The summed E-state index contributed by atoms with van der Waals surface area (Å²) < 4.78 is 10.6. The summed E-state index contributed by atoms with van der Waals surface area (Å²) >= 11 is 0. The second kappa shape index (κ2) is 9.08. The van der Waals surface area contributed by atoms with Crippen LogP contribution in [0.2, 0.25) is 0 Å². The van der Waals surface area contributed by atoms with Gasteiger partial charge in [-0.1, -0.05) is 0 Å². The zero-order chi connectivity index (χ0) is 21.7. The zero-order valence-electron chi connectivity index (χ0n) is 17.8. The molecular formula is C21H31NO6. The van der Waals surface area contributed by atoms with Gasteiger partial charge in [0.05, 0.1) is 0 Å². The molecular weight excluding hydrogens is 362 g/mol. The second-order valence-corrected chi connectivity index (χ2v) is 8.55. The monoisotopic (exact) mass is 393 g/mol. The third kappa shape index (κ3) is 7.98. The Balaban J connectivity index is 2.77. The van der Waals surface area contributed by atoms with Crippen LogP contribution < -0.4 is 10.1 Å². The largest absolute Gasteiger partial charge is 0.481 e. The molecule has 1 aromatic carbocycles. The summed E-state index contributed by atoms with van der Waals surface area (Å²) in [5.74, 6) is -1.18. The highest BCUT2D eigenvalue weighted by Gasteiger charge is 2.25. The van der Waals surface area contributed by atoms with Crippen molar-refractivity contribution in [3.05, 3.63) is 28.8 Å². The maximum atomic E-state index is 12.7. The molecule has 1 amide bonds. The summed E-state index contributed by atoms with van der Waals surface area (Å²) in [5, 5.41) is 11.7. The van der Waals surface area contributed by atoms with E-state index >= 15 is 0 Å². The Hall–Kier alpha value is -2.57. The number of carboxylic acids is 1. The van der Waals surface area contributed by atoms with E-state index in [2.05, 4.69) is 5.32 Å². The van der Waals surface area contributed by atoms with Crippen molar-refractivity contribution < 1.29 is 29.0 Å². The van der Waals surface area contributed by atoms with Crippen molar-refractivity contribution in [1.82, 2.24) is 5.32 Å². The molecule has 0 aliphatic carbocycles. The minimum Gasteiger partial charge on any atom is -0.481 e. The summed E-state index contributed by atoms with van der Waals surface area (Å²) in [7, 11) is 0. The topological polar surface area (TPSA) is 102 Å². The number of esters is 1. The molecule has 0 aliphatic rings. The first-order valence-corrected chi connectivity index (χ1v) is 9.20. The lowest BCUT2D eigenvalue weighted by molar-refractivity contribution is -0.155. The maximum absolute atomic E-state index is 12.7. The average molecular weight is 393 g/mol. The summed E-state index contributed by atoms with van der Waals surface area (Å²) in [6, 6.07) is 3.31. The number of carbonyl (C=O) groups is 3. The maximum Gasteiger partial charge on any atom is 0.341 e. The van der Waals surface area contributed by atoms with Gasteiger partial charge in [0.15, 0.2) is 6.61 Å². The van der Waals surface area contributed by atoms with Crippen LogP contribution in [0.15, 0.2) is 12.1 Å². The van der Waals surface area contributed by atoms with E-state index in [9.17, 15) is 14.4 Å². The molecule has 1 aromatic rings. The highest BCUT2D eigenvalue weighted by molar-refractivity contribution is 5.95. The van der Waals surface area contributed by atoms with Crippen LogP contribution in [-0.2, 0) is 14.3 Å². The molecule has 0 atom stereocenters. The molecule has 0 aromatic heterocycles. The third-order valence-electron chi connectivity index (χ3n) is 3.89. The Morgan fingerprint density at radius 3 is 2.04 bits per heavy atom. The van der Waals surface area contributed by atoms with Crippen LogP contribution in [0.5, 0.6) is 5.75 Å². The van der Waals surface area contributed by atoms with Crippen molar-refractivity contribution >= 4 is 17.8 Å². The number of carboxylic acid groups (broad SMARTS) is 1. The van der Waals surface area contributed by atoms with Gasteiger partial charge in [0.25, 0.3) is 5.91 Å². The van der Waals surface area contributed by atoms with Gasteiger partial charge in [0.2, 0.25) is 0 Å². The van der Waals surface area contributed by atoms with Gasteiger partial charge in [-0.05, 0) is 78.1 Å². The number of rotatable bonds is 8. The van der Waals surface area contributed by atoms with Gasteiger partial charge >= 0.3 is 11.9 Å². The molecule has 0 unspecified atom stereocenters. The normalized spacial score (nSPS) is 11.7. The number of ether oxygens (including phenoxy) is 2. The predicted molar refractivity (Wildman–Crippen MR) is 106 cm³/mol. The molecule has 2 N–H and O–H groups in total. The number of hydrogen-bond donors (Lipinski definition) is 2. The molecule has 0 saturated carbocycles. The number of benzene rings is 1. The van der Waals surface area contributed by atoms with E-state index in [1.54, 1.807) is 26.0 Å². The fourth-order valence-corrected chi connectivity index (χ4v) is 2.69. The average Bonchev–Trinajstić information content (AvgIpc) is 2.49. The minimum absolute atomic E-state index is 0.199. The van der Waals surface area contributed by atoms with Crippen LogP contribution in [-0.4, -0.2) is 40.7 Å². The summed E-state index contributed by atoms with van der Waals surface area (Å²) in [6.07, 6.45) is 0.635. The number of aliphatic carboxylic acids is 1. The molecule has 7 nitrogen and oxygen atoms in total. The van der Waals surface area contributed by atoms with E-state index in [1.807, 2.05) is 34.6 Å². The Kier molecular flexibility index (Phi) is 7.61. The van der Waals surface area contributed by atoms with Crippen LogP contribution in [0.1, 0.15) is 68.9 Å². The third-order valence-corrected chi connectivity index (χ3v) is 3.89. The molecule has 156 valence electrons. The number of carbonyl (C=O) groups excluding carboxylic acids is 2. The standard InChI is InChI=1S/C21H31NO6/c1-13-10-15(11-14(2)18(13)27-12-16(23)24)19(26)22-21(6,7)9-8-17(25)28-20(3,4)5/h10-11H,8-9,12H2,1-7H3,(H,22,26)(H,23,24). The molecule has 0 saturated heterocycles. The van der Waals surface area contributed by atoms with Crippen molar-refractivity contribution in [2.24, 2.45) is 0 Å². The molecule has 0 bridgehead atoms. The molecule has 0 aliphatic heterocycles. The van der Waals surface area contributed by atoms with Crippen molar-refractivity contribution in [3.8, 4) is 5.75 Å². The first kappa shape index (κ1) is 23.5. The highest BCUT2D eigenvalue weighted by Crippen LogP contribution is 2.25. The second-order valence-electron chi connectivity index (χ2n) is 8.55.